The number of pyridine rings is 1. The third kappa shape index (κ3) is 5.67. The number of aryl methyl sites for hydroxylation is 1. The lowest BCUT2D eigenvalue weighted by Gasteiger charge is -2.11. The summed E-state index contributed by atoms with van der Waals surface area (Å²) in [6.45, 7) is 4.75. The van der Waals surface area contributed by atoms with Crippen LogP contribution < -0.4 is 19.9 Å². The predicted molar refractivity (Wildman–Crippen MR) is 117 cm³/mol. The molecule has 0 unspecified atom stereocenters. The van der Waals surface area contributed by atoms with E-state index < -0.39 is 0 Å². The van der Waals surface area contributed by atoms with Crippen molar-refractivity contribution in [2.75, 3.05) is 17.2 Å². The van der Waals surface area contributed by atoms with Gasteiger partial charge in [-0.15, -0.1) is 0 Å². The average Bonchev–Trinajstić information content (AvgIpc) is 2.76. The molecule has 2 amide bonds. The van der Waals surface area contributed by atoms with E-state index in [0.717, 1.165) is 12.2 Å². The molecular formula is C24H26N3O3+. The van der Waals surface area contributed by atoms with E-state index in [9.17, 15) is 9.59 Å². The van der Waals surface area contributed by atoms with Gasteiger partial charge in [-0.1, -0.05) is 19.1 Å². The summed E-state index contributed by atoms with van der Waals surface area (Å²) >= 11 is 0. The zero-order valence-electron chi connectivity index (χ0n) is 17.2. The first-order valence-electron chi connectivity index (χ1n) is 10.00. The highest BCUT2D eigenvalue weighted by molar-refractivity contribution is 6.10. The van der Waals surface area contributed by atoms with E-state index in [2.05, 4.69) is 17.6 Å². The van der Waals surface area contributed by atoms with Crippen molar-refractivity contribution in [2.24, 2.45) is 0 Å². The highest BCUT2D eigenvalue weighted by Crippen LogP contribution is 2.19. The van der Waals surface area contributed by atoms with Crippen LogP contribution in [-0.4, -0.2) is 18.4 Å². The zero-order chi connectivity index (χ0) is 21.3. The van der Waals surface area contributed by atoms with Gasteiger partial charge in [0.05, 0.1) is 17.9 Å². The van der Waals surface area contributed by atoms with Crippen molar-refractivity contribution >= 4 is 23.2 Å². The number of rotatable bonds is 8. The number of hydrogen-bond acceptors (Lipinski definition) is 3. The Morgan fingerprint density at radius 2 is 1.60 bits per heavy atom. The molecule has 0 saturated heterocycles. The number of benzene rings is 2. The number of nitrogens with zero attached hydrogens (tertiary/aromatic N) is 1. The van der Waals surface area contributed by atoms with Crippen molar-refractivity contribution in [1.82, 2.24) is 0 Å². The third-order valence-corrected chi connectivity index (χ3v) is 4.56. The standard InChI is InChI=1S/C24H25N3O3/c1-3-18-13-15-27(16-14-18)17-23(28)26-22-8-6-5-7-21(22)24(29)25-19-9-11-20(12-10-19)30-4-2/h5-16H,3-4,17H2,1-2H3,(H-,25,26,28,29)/p+1. The summed E-state index contributed by atoms with van der Waals surface area (Å²) in [5, 5.41) is 5.69. The first-order valence-corrected chi connectivity index (χ1v) is 10.00. The van der Waals surface area contributed by atoms with Crippen molar-refractivity contribution in [3.63, 3.8) is 0 Å². The summed E-state index contributed by atoms with van der Waals surface area (Å²) in [5.74, 6) is 0.244. The number of carbonyl (C=O) groups is 2. The van der Waals surface area contributed by atoms with Crippen LogP contribution in [0.4, 0.5) is 11.4 Å². The molecule has 30 heavy (non-hydrogen) atoms. The van der Waals surface area contributed by atoms with E-state index in [0.29, 0.717) is 23.5 Å². The molecule has 6 heteroatoms. The summed E-state index contributed by atoms with van der Waals surface area (Å²) in [6, 6.07) is 18.1. The molecule has 0 spiro atoms. The Balaban J connectivity index is 1.66. The molecule has 0 aliphatic heterocycles. The molecule has 0 aliphatic carbocycles. The van der Waals surface area contributed by atoms with Crippen LogP contribution in [0.3, 0.4) is 0 Å². The van der Waals surface area contributed by atoms with Crippen molar-refractivity contribution in [3.8, 4) is 5.75 Å². The molecule has 0 aliphatic rings. The Morgan fingerprint density at radius 3 is 2.27 bits per heavy atom. The number of nitrogens with one attached hydrogen (secondary N) is 2. The normalized spacial score (nSPS) is 10.3. The summed E-state index contributed by atoms with van der Waals surface area (Å²) in [6.07, 6.45) is 4.70. The second-order valence-electron chi connectivity index (χ2n) is 6.74. The molecule has 3 aromatic rings. The van der Waals surface area contributed by atoms with Crippen molar-refractivity contribution in [1.29, 1.82) is 0 Å². The van der Waals surface area contributed by atoms with Crippen molar-refractivity contribution in [2.45, 2.75) is 26.8 Å². The predicted octanol–water partition coefficient (Wildman–Crippen LogP) is 3.83. The second kappa shape index (κ2) is 10.2. The lowest BCUT2D eigenvalue weighted by Crippen LogP contribution is -2.39. The molecule has 2 N–H and O–H groups in total. The van der Waals surface area contributed by atoms with E-state index in [1.807, 2.05) is 31.5 Å². The van der Waals surface area contributed by atoms with Gasteiger partial charge >= 0.3 is 0 Å². The SMILES string of the molecule is CCOc1ccc(NC(=O)c2ccccc2NC(=O)C[n+]2ccc(CC)cc2)cc1. The van der Waals surface area contributed by atoms with E-state index in [1.54, 1.807) is 53.1 Å². The molecule has 154 valence electrons. The molecule has 3 rings (SSSR count). The fraction of sp³-hybridized carbons (Fsp3) is 0.208. The van der Waals surface area contributed by atoms with Crippen LogP contribution >= 0.6 is 0 Å². The monoisotopic (exact) mass is 404 g/mol. The lowest BCUT2D eigenvalue weighted by atomic mass is 10.1. The van der Waals surface area contributed by atoms with Gasteiger partial charge in [-0.05, 0) is 55.3 Å². The van der Waals surface area contributed by atoms with Crippen LogP contribution in [0.5, 0.6) is 5.75 Å². The Morgan fingerprint density at radius 1 is 0.900 bits per heavy atom. The minimum Gasteiger partial charge on any atom is -0.494 e. The molecule has 0 radical (unpaired) electrons. The van der Waals surface area contributed by atoms with Gasteiger partial charge in [-0.2, -0.15) is 4.57 Å². The maximum Gasteiger partial charge on any atom is 0.290 e. The maximum atomic E-state index is 12.8. The molecular weight excluding hydrogens is 378 g/mol. The van der Waals surface area contributed by atoms with Gasteiger partial charge < -0.3 is 15.4 Å². The topological polar surface area (TPSA) is 71.3 Å². The summed E-state index contributed by atoms with van der Waals surface area (Å²) < 4.78 is 7.22. The number of anilines is 2. The molecule has 0 fully saturated rings. The van der Waals surface area contributed by atoms with Crippen LogP contribution in [-0.2, 0) is 17.8 Å². The van der Waals surface area contributed by atoms with E-state index in [1.165, 1.54) is 5.56 Å². The Labute approximate surface area is 176 Å². The molecule has 1 heterocycles. The number of ether oxygens (including phenoxy) is 1. The summed E-state index contributed by atoms with van der Waals surface area (Å²) in [5.41, 5.74) is 2.72. The van der Waals surface area contributed by atoms with Gasteiger partial charge in [0.1, 0.15) is 5.75 Å². The van der Waals surface area contributed by atoms with E-state index in [-0.39, 0.29) is 18.4 Å². The van der Waals surface area contributed by atoms with Gasteiger partial charge in [0.15, 0.2) is 12.4 Å². The Hall–Kier alpha value is -3.67. The number of amides is 2. The number of aromatic nitrogens is 1. The van der Waals surface area contributed by atoms with Crippen molar-refractivity contribution in [3.05, 3.63) is 84.2 Å². The van der Waals surface area contributed by atoms with Crippen molar-refractivity contribution < 1.29 is 18.9 Å². The minimum absolute atomic E-state index is 0.166. The first kappa shape index (κ1) is 21.0. The quantitative estimate of drug-likeness (QED) is 0.561. The molecule has 1 aromatic heterocycles. The Bertz CT molecular complexity index is 999. The summed E-state index contributed by atoms with van der Waals surface area (Å²) in [4.78, 5) is 25.2. The largest absolute Gasteiger partial charge is 0.494 e. The van der Waals surface area contributed by atoms with Gasteiger partial charge in [-0.3, -0.25) is 9.59 Å². The van der Waals surface area contributed by atoms with Gasteiger partial charge in [0, 0.05) is 17.8 Å². The molecule has 0 atom stereocenters. The Kier molecular flexibility index (Phi) is 7.16. The molecule has 6 nitrogen and oxygen atoms in total. The van der Waals surface area contributed by atoms with Crippen LogP contribution in [0.2, 0.25) is 0 Å². The lowest BCUT2D eigenvalue weighted by molar-refractivity contribution is -0.684. The van der Waals surface area contributed by atoms with Crippen LogP contribution in [0.25, 0.3) is 0 Å². The second-order valence-corrected chi connectivity index (χ2v) is 6.74. The number of carbonyl (C=O) groups excluding carboxylic acids is 2. The fourth-order valence-corrected chi connectivity index (χ4v) is 2.97. The van der Waals surface area contributed by atoms with Crippen LogP contribution in [0.15, 0.2) is 73.1 Å². The fourth-order valence-electron chi connectivity index (χ4n) is 2.97. The molecule has 0 bridgehead atoms. The van der Waals surface area contributed by atoms with E-state index >= 15 is 0 Å². The van der Waals surface area contributed by atoms with Crippen LogP contribution in [0.1, 0.15) is 29.8 Å². The smallest absolute Gasteiger partial charge is 0.290 e. The zero-order valence-corrected chi connectivity index (χ0v) is 17.2. The van der Waals surface area contributed by atoms with E-state index in [4.69, 9.17) is 4.74 Å². The molecule has 0 saturated carbocycles. The van der Waals surface area contributed by atoms with Gasteiger partial charge in [0.2, 0.25) is 6.54 Å². The van der Waals surface area contributed by atoms with Gasteiger partial charge in [0.25, 0.3) is 11.8 Å². The number of hydrogen-bond donors (Lipinski definition) is 2. The van der Waals surface area contributed by atoms with Gasteiger partial charge in [-0.25, -0.2) is 0 Å². The minimum atomic E-state index is -0.296. The maximum absolute atomic E-state index is 12.8. The average molecular weight is 404 g/mol. The third-order valence-electron chi connectivity index (χ3n) is 4.56. The highest BCUT2D eigenvalue weighted by atomic mass is 16.5. The summed E-state index contributed by atoms with van der Waals surface area (Å²) in [7, 11) is 0. The number of para-hydroxylation sites is 1. The molecule has 2 aromatic carbocycles. The van der Waals surface area contributed by atoms with Crippen LogP contribution in [0, 0.1) is 0 Å². The first-order chi connectivity index (χ1) is 14.6. The highest BCUT2D eigenvalue weighted by Gasteiger charge is 2.15.